The van der Waals surface area contributed by atoms with Crippen molar-refractivity contribution in [3.63, 3.8) is 0 Å². The van der Waals surface area contributed by atoms with Crippen LogP contribution in [0.4, 0.5) is 10.2 Å². The Kier molecular flexibility index (Phi) is 5.84. The maximum Gasteiger partial charge on any atom is 0.277 e. The summed E-state index contributed by atoms with van der Waals surface area (Å²) in [5, 5.41) is 12.8. The van der Waals surface area contributed by atoms with Gasteiger partial charge >= 0.3 is 0 Å². The van der Waals surface area contributed by atoms with Gasteiger partial charge in [-0.25, -0.2) is 13.8 Å². The molecule has 0 atom stereocenters. The van der Waals surface area contributed by atoms with Gasteiger partial charge < -0.3 is 5.32 Å². The third-order valence-corrected chi connectivity index (χ3v) is 5.31. The zero-order valence-corrected chi connectivity index (χ0v) is 19.1. The molecule has 0 spiro atoms. The lowest BCUT2D eigenvalue weighted by molar-refractivity contribution is 0.102. The molecule has 2 aromatic heterocycles. The number of carbonyl (C=O) groups excluding carboxylic acids is 1. The van der Waals surface area contributed by atoms with Crippen LogP contribution in [0, 0.1) is 5.82 Å². The van der Waals surface area contributed by atoms with Gasteiger partial charge in [-0.2, -0.15) is 10.2 Å². The van der Waals surface area contributed by atoms with Crippen molar-refractivity contribution >= 4 is 22.5 Å². The number of nitrogens with zero attached hydrogens (tertiary/aromatic N) is 4. The molecule has 0 bridgehead atoms. The zero-order chi connectivity index (χ0) is 23.8. The highest BCUT2D eigenvalue weighted by atomic mass is 19.1. The van der Waals surface area contributed by atoms with Crippen LogP contribution in [0.2, 0.25) is 0 Å². The van der Waals surface area contributed by atoms with Crippen molar-refractivity contribution in [3.05, 3.63) is 82.2 Å². The maximum absolute atomic E-state index is 13.5. The zero-order valence-electron chi connectivity index (χ0n) is 19.1. The predicted molar refractivity (Wildman–Crippen MR) is 126 cm³/mol. The molecule has 0 aliphatic heterocycles. The van der Waals surface area contributed by atoms with Gasteiger partial charge in [0.15, 0.2) is 5.69 Å². The fraction of sp³-hybridized carbons (Fsp3) is 0.280. The molecule has 2 aromatic carbocycles. The van der Waals surface area contributed by atoms with Crippen LogP contribution >= 0.6 is 0 Å². The molecule has 0 unspecified atom stereocenters. The van der Waals surface area contributed by atoms with E-state index >= 15 is 0 Å². The van der Waals surface area contributed by atoms with Crippen molar-refractivity contribution in [2.24, 2.45) is 0 Å². The van der Waals surface area contributed by atoms with Crippen LogP contribution in [0.5, 0.6) is 0 Å². The van der Waals surface area contributed by atoms with E-state index in [9.17, 15) is 14.0 Å². The number of benzene rings is 2. The van der Waals surface area contributed by atoms with Crippen LogP contribution in [0.15, 0.2) is 59.4 Å². The molecular weight excluding hydrogens is 421 g/mol. The molecule has 33 heavy (non-hydrogen) atoms. The first-order valence-corrected chi connectivity index (χ1v) is 10.9. The number of hydrogen-bond donors (Lipinski definition) is 1. The maximum atomic E-state index is 13.5. The van der Waals surface area contributed by atoms with Crippen molar-refractivity contribution in [1.82, 2.24) is 19.6 Å². The van der Waals surface area contributed by atoms with Crippen molar-refractivity contribution < 1.29 is 9.18 Å². The number of anilines is 1. The fourth-order valence-electron chi connectivity index (χ4n) is 3.56. The highest BCUT2D eigenvalue weighted by Gasteiger charge is 2.23. The Morgan fingerprint density at radius 2 is 1.70 bits per heavy atom. The summed E-state index contributed by atoms with van der Waals surface area (Å²) in [7, 11) is 0. The number of aromatic nitrogens is 4. The lowest BCUT2D eigenvalue weighted by Gasteiger charge is -2.14. The summed E-state index contributed by atoms with van der Waals surface area (Å²) in [5.74, 6) is -0.392. The molecule has 4 rings (SSSR count). The number of aryl methyl sites for hydroxylation is 1. The van der Waals surface area contributed by atoms with Crippen LogP contribution in [-0.2, 0) is 12.0 Å². The predicted octanol–water partition coefficient (Wildman–Crippen LogP) is 4.68. The average molecular weight is 448 g/mol. The molecule has 170 valence electrons. The highest BCUT2D eigenvalue weighted by Crippen LogP contribution is 2.27. The number of amides is 1. The van der Waals surface area contributed by atoms with Crippen LogP contribution < -0.4 is 10.9 Å². The third kappa shape index (κ3) is 4.41. The quantitative estimate of drug-likeness (QED) is 0.482. The summed E-state index contributed by atoms with van der Waals surface area (Å²) >= 11 is 0. The van der Waals surface area contributed by atoms with Gasteiger partial charge in [0, 0.05) is 23.4 Å². The highest BCUT2D eigenvalue weighted by molar-refractivity contribution is 6.10. The van der Waals surface area contributed by atoms with Crippen LogP contribution in [0.1, 0.15) is 50.3 Å². The number of carbonyl (C=O) groups is 1. The van der Waals surface area contributed by atoms with E-state index in [2.05, 4.69) is 15.5 Å². The summed E-state index contributed by atoms with van der Waals surface area (Å²) in [6.07, 6.45) is 0.707. The molecule has 7 nitrogen and oxygen atoms in total. The summed E-state index contributed by atoms with van der Waals surface area (Å²) < 4.78 is 16.4. The Labute approximate surface area is 190 Å². The smallest absolute Gasteiger partial charge is 0.277 e. The van der Waals surface area contributed by atoms with Crippen LogP contribution in [-0.4, -0.2) is 25.5 Å². The molecule has 8 heteroatoms. The fourth-order valence-corrected chi connectivity index (χ4v) is 3.56. The lowest BCUT2D eigenvalue weighted by atomic mass is 9.92. The largest absolute Gasteiger partial charge is 0.305 e. The summed E-state index contributed by atoms with van der Waals surface area (Å²) in [5.41, 5.74) is 1.02. The Morgan fingerprint density at radius 3 is 2.33 bits per heavy atom. The van der Waals surface area contributed by atoms with Gasteiger partial charge in [0.05, 0.1) is 16.8 Å². The Morgan fingerprint density at radius 1 is 1.03 bits per heavy atom. The standard InChI is InChI=1S/C25H26FN5O2/c1-5-14-30-24(33)19-9-7-6-8-18(19)22(29-30)23(32)27-21-15-20(25(2,3)4)28-31(21)17-12-10-16(26)11-13-17/h6-13,15H,5,14H2,1-4H3,(H,27,32). The molecule has 0 saturated heterocycles. The summed E-state index contributed by atoms with van der Waals surface area (Å²) in [6.45, 7) is 8.41. The number of nitrogens with one attached hydrogen (secondary N) is 1. The second-order valence-corrected chi connectivity index (χ2v) is 8.93. The van der Waals surface area contributed by atoms with Gasteiger partial charge in [0.2, 0.25) is 0 Å². The Hall–Kier alpha value is -3.81. The van der Waals surface area contributed by atoms with E-state index in [-0.39, 0.29) is 22.5 Å². The first kappa shape index (κ1) is 22.4. The second-order valence-electron chi connectivity index (χ2n) is 8.93. The number of halogens is 1. The Bertz CT molecular complexity index is 1380. The lowest BCUT2D eigenvalue weighted by Crippen LogP contribution is -2.28. The Balaban J connectivity index is 1.81. The number of rotatable bonds is 5. The van der Waals surface area contributed by atoms with E-state index in [1.165, 1.54) is 16.8 Å². The normalized spacial score (nSPS) is 11.7. The molecule has 1 N–H and O–H groups in total. The van der Waals surface area contributed by atoms with Crippen molar-refractivity contribution in [3.8, 4) is 5.69 Å². The van der Waals surface area contributed by atoms with E-state index in [1.54, 1.807) is 47.1 Å². The first-order chi connectivity index (χ1) is 15.7. The van der Waals surface area contributed by atoms with Gasteiger partial charge in [-0.3, -0.25) is 9.59 Å². The number of hydrogen-bond acceptors (Lipinski definition) is 4. The molecule has 4 aromatic rings. The minimum atomic E-state index is -0.459. The first-order valence-electron chi connectivity index (χ1n) is 10.9. The molecule has 2 heterocycles. The van der Waals surface area contributed by atoms with E-state index in [0.717, 1.165) is 5.69 Å². The second kappa shape index (κ2) is 8.61. The molecule has 1 amide bonds. The van der Waals surface area contributed by atoms with Gasteiger partial charge in [-0.05, 0) is 36.8 Å². The van der Waals surface area contributed by atoms with Crippen molar-refractivity contribution in [2.45, 2.75) is 46.1 Å². The minimum Gasteiger partial charge on any atom is -0.305 e. The van der Waals surface area contributed by atoms with Gasteiger partial charge in [-0.1, -0.05) is 45.9 Å². The van der Waals surface area contributed by atoms with E-state index < -0.39 is 5.91 Å². The molecule has 0 saturated carbocycles. The van der Waals surface area contributed by atoms with Crippen LogP contribution in [0.25, 0.3) is 16.5 Å². The topological polar surface area (TPSA) is 81.8 Å². The van der Waals surface area contributed by atoms with E-state index in [0.29, 0.717) is 35.2 Å². The molecule has 0 radical (unpaired) electrons. The molecule has 0 aliphatic rings. The van der Waals surface area contributed by atoms with Crippen molar-refractivity contribution in [2.75, 3.05) is 5.32 Å². The van der Waals surface area contributed by atoms with Crippen LogP contribution in [0.3, 0.4) is 0 Å². The molecule has 0 aliphatic carbocycles. The number of fused-ring (bicyclic) bond motifs is 1. The van der Waals surface area contributed by atoms with Gasteiger partial charge in [0.25, 0.3) is 11.5 Å². The SMILES string of the molecule is CCCn1nc(C(=O)Nc2cc(C(C)(C)C)nn2-c2ccc(F)cc2)c2ccccc2c1=O. The molecule has 0 fully saturated rings. The minimum absolute atomic E-state index is 0.155. The third-order valence-electron chi connectivity index (χ3n) is 5.31. The summed E-state index contributed by atoms with van der Waals surface area (Å²) in [6, 6.07) is 14.6. The van der Waals surface area contributed by atoms with Crippen molar-refractivity contribution in [1.29, 1.82) is 0 Å². The van der Waals surface area contributed by atoms with E-state index in [1.807, 2.05) is 27.7 Å². The van der Waals surface area contributed by atoms with E-state index in [4.69, 9.17) is 0 Å². The monoisotopic (exact) mass is 447 g/mol. The van der Waals surface area contributed by atoms with Gasteiger partial charge in [-0.15, -0.1) is 0 Å². The average Bonchev–Trinajstić information content (AvgIpc) is 3.20. The van der Waals surface area contributed by atoms with Gasteiger partial charge in [0.1, 0.15) is 11.6 Å². The summed E-state index contributed by atoms with van der Waals surface area (Å²) in [4.78, 5) is 26.2. The molecular formula is C25H26FN5O2.